The average Bonchev–Trinajstić information content (AvgIpc) is 2.79. The molecule has 0 amide bonds. The molecule has 1 aliphatic carbocycles. The van der Waals surface area contributed by atoms with Crippen molar-refractivity contribution in [3.05, 3.63) is 41.7 Å². The van der Waals surface area contributed by atoms with Crippen LogP contribution in [0.2, 0.25) is 0 Å². The molecule has 76 valence electrons. The molecule has 3 heteroatoms. The van der Waals surface area contributed by atoms with E-state index in [1.807, 2.05) is 12.1 Å². The number of pyridine rings is 1. The van der Waals surface area contributed by atoms with Crippen molar-refractivity contribution < 1.29 is 0 Å². The second kappa shape index (κ2) is 4.72. The number of aromatic nitrogens is 1. The maximum absolute atomic E-state index is 8.86. The number of nitrogens with zero attached hydrogens (tertiary/aromatic N) is 2. The lowest BCUT2D eigenvalue weighted by Gasteiger charge is -2.11. The zero-order valence-electron chi connectivity index (χ0n) is 8.48. The van der Waals surface area contributed by atoms with Crippen LogP contribution in [0.5, 0.6) is 0 Å². The highest BCUT2D eigenvalue weighted by atomic mass is 14.9. The largest absolute Gasteiger partial charge is 0.309 e. The molecule has 0 atom stereocenters. The van der Waals surface area contributed by atoms with Gasteiger partial charge in [-0.2, -0.15) is 5.26 Å². The fourth-order valence-corrected chi connectivity index (χ4v) is 1.72. The van der Waals surface area contributed by atoms with Crippen molar-refractivity contribution in [3.63, 3.8) is 0 Å². The summed E-state index contributed by atoms with van der Waals surface area (Å²) in [5, 5.41) is 12.3. The quantitative estimate of drug-likeness (QED) is 0.754. The predicted molar refractivity (Wildman–Crippen MR) is 58.0 cm³/mol. The smallest absolute Gasteiger partial charge is 0.144 e. The van der Waals surface area contributed by atoms with Crippen LogP contribution < -0.4 is 5.32 Å². The summed E-state index contributed by atoms with van der Waals surface area (Å²) in [4.78, 5) is 4.03. The Balaban J connectivity index is 1.96. The van der Waals surface area contributed by atoms with Gasteiger partial charge >= 0.3 is 0 Å². The lowest BCUT2D eigenvalue weighted by atomic mass is 10.1. The highest BCUT2D eigenvalue weighted by Crippen LogP contribution is 2.11. The van der Waals surface area contributed by atoms with E-state index in [1.54, 1.807) is 6.20 Å². The predicted octanol–water partition coefficient (Wildman–Crippen LogP) is 1.76. The lowest BCUT2D eigenvalue weighted by Crippen LogP contribution is -2.26. The van der Waals surface area contributed by atoms with Gasteiger partial charge in [0.1, 0.15) is 11.8 Å². The molecule has 3 nitrogen and oxygen atoms in total. The van der Waals surface area contributed by atoms with Crippen molar-refractivity contribution in [1.82, 2.24) is 10.3 Å². The molecule has 0 fully saturated rings. The van der Waals surface area contributed by atoms with Crippen molar-refractivity contribution in [2.75, 3.05) is 0 Å². The van der Waals surface area contributed by atoms with E-state index in [0.717, 1.165) is 24.9 Å². The second-order valence-electron chi connectivity index (χ2n) is 3.64. The summed E-state index contributed by atoms with van der Waals surface area (Å²) in [7, 11) is 0. The maximum atomic E-state index is 8.86. The van der Waals surface area contributed by atoms with E-state index in [4.69, 9.17) is 5.26 Å². The molecule has 0 aliphatic heterocycles. The molecule has 1 heterocycles. The monoisotopic (exact) mass is 199 g/mol. The molecule has 1 aliphatic rings. The molecule has 0 saturated carbocycles. The van der Waals surface area contributed by atoms with Crippen LogP contribution in [0.1, 0.15) is 24.1 Å². The molecule has 0 radical (unpaired) electrons. The zero-order valence-corrected chi connectivity index (χ0v) is 8.48. The first-order valence-corrected chi connectivity index (χ1v) is 5.12. The Hall–Kier alpha value is -1.66. The van der Waals surface area contributed by atoms with Gasteiger partial charge in [-0.05, 0) is 18.9 Å². The van der Waals surface area contributed by atoms with E-state index in [1.165, 1.54) is 0 Å². The zero-order chi connectivity index (χ0) is 10.5. The van der Waals surface area contributed by atoms with Gasteiger partial charge in [0, 0.05) is 24.3 Å². The van der Waals surface area contributed by atoms with Gasteiger partial charge in [0.25, 0.3) is 0 Å². The van der Waals surface area contributed by atoms with Crippen LogP contribution >= 0.6 is 0 Å². The van der Waals surface area contributed by atoms with E-state index in [-0.39, 0.29) is 0 Å². The minimum atomic E-state index is 0.524. The third-order valence-electron chi connectivity index (χ3n) is 2.59. The Kier molecular flexibility index (Phi) is 3.11. The minimum Gasteiger partial charge on any atom is -0.309 e. The van der Waals surface area contributed by atoms with Crippen LogP contribution in [0.4, 0.5) is 0 Å². The maximum Gasteiger partial charge on any atom is 0.144 e. The fourth-order valence-electron chi connectivity index (χ4n) is 1.72. The SMILES string of the molecule is N#Cc1ncccc1CNC1CC=CC1. The van der Waals surface area contributed by atoms with Gasteiger partial charge in [0.05, 0.1) is 0 Å². The first-order chi connectivity index (χ1) is 7.40. The number of hydrogen-bond donors (Lipinski definition) is 1. The van der Waals surface area contributed by atoms with Crippen LogP contribution in [0, 0.1) is 11.3 Å². The normalized spacial score (nSPS) is 15.4. The van der Waals surface area contributed by atoms with E-state index >= 15 is 0 Å². The molecule has 0 saturated heterocycles. The molecule has 0 unspecified atom stereocenters. The molecule has 0 bridgehead atoms. The first kappa shape index (κ1) is 9.88. The molecule has 2 rings (SSSR count). The Morgan fingerprint density at radius 3 is 3.00 bits per heavy atom. The Labute approximate surface area is 89.5 Å². The van der Waals surface area contributed by atoms with Gasteiger partial charge in [0.2, 0.25) is 0 Å². The highest BCUT2D eigenvalue weighted by Gasteiger charge is 2.10. The summed E-state index contributed by atoms with van der Waals surface area (Å²) in [5.41, 5.74) is 1.50. The number of nitriles is 1. The molecular formula is C12H13N3. The van der Waals surface area contributed by atoms with E-state index in [9.17, 15) is 0 Å². The first-order valence-electron chi connectivity index (χ1n) is 5.12. The van der Waals surface area contributed by atoms with Crippen molar-refractivity contribution in [2.45, 2.75) is 25.4 Å². The van der Waals surface area contributed by atoms with Gasteiger partial charge < -0.3 is 5.32 Å². The van der Waals surface area contributed by atoms with Crippen LogP contribution in [-0.4, -0.2) is 11.0 Å². The van der Waals surface area contributed by atoms with E-state index in [2.05, 4.69) is 28.5 Å². The van der Waals surface area contributed by atoms with Gasteiger partial charge in [-0.1, -0.05) is 18.2 Å². The molecule has 0 aromatic carbocycles. The van der Waals surface area contributed by atoms with Crippen molar-refractivity contribution in [2.24, 2.45) is 0 Å². The summed E-state index contributed by atoms with van der Waals surface area (Å²) in [6.45, 7) is 0.725. The third-order valence-corrected chi connectivity index (χ3v) is 2.59. The van der Waals surface area contributed by atoms with Crippen LogP contribution in [0.15, 0.2) is 30.5 Å². The fraction of sp³-hybridized carbons (Fsp3) is 0.333. The van der Waals surface area contributed by atoms with Crippen molar-refractivity contribution in [1.29, 1.82) is 5.26 Å². The van der Waals surface area contributed by atoms with Crippen LogP contribution in [0.3, 0.4) is 0 Å². The third kappa shape index (κ3) is 2.42. The highest BCUT2D eigenvalue weighted by molar-refractivity contribution is 5.30. The summed E-state index contributed by atoms with van der Waals surface area (Å²) >= 11 is 0. The van der Waals surface area contributed by atoms with E-state index in [0.29, 0.717) is 11.7 Å². The second-order valence-corrected chi connectivity index (χ2v) is 3.64. The number of hydrogen-bond acceptors (Lipinski definition) is 3. The van der Waals surface area contributed by atoms with Crippen LogP contribution in [0.25, 0.3) is 0 Å². The molecule has 15 heavy (non-hydrogen) atoms. The van der Waals surface area contributed by atoms with Gasteiger partial charge in [0.15, 0.2) is 0 Å². The molecular weight excluding hydrogens is 186 g/mol. The van der Waals surface area contributed by atoms with Crippen LogP contribution in [-0.2, 0) is 6.54 Å². The van der Waals surface area contributed by atoms with Crippen molar-refractivity contribution >= 4 is 0 Å². The molecule has 1 aromatic rings. The average molecular weight is 199 g/mol. The molecule has 1 N–H and O–H groups in total. The Morgan fingerprint density at radius 2 is 2.27 bits per heavy atom. The summed E-state index contributed by atoms with van der Waals surface area (Å²) in [6.07, 6.45) is 8.20. The lowest BCUT2D eigenvalue weighted by molar-refractivity contribution is 0.537. The minimum absolute atomic E-state index is 0.524. The summed E-state index contributed by atoms with van der Waals surface area (Å²) in [5.74, 6) is 0. The standard InChI is InChI=1S/C12H13N3/c13-8-12-10(4-3-7-14-12)9-15-11-5-1-2-6-11/h1-4,7,11,15H,5-6,9H2. The summed E-state index contributed by atoms with van der Waals surface area (Å²) in [6, 6.07) is 6.44. The number of nitrogens with one attached hydrogen (secondary N) is 1. The van der Waals surface area contributed by atoms with Crippen molar-refractivity contribution in [3.8, 4) is 6.07 Å². The van der Waals surface area contributed by atoms with Gasteiger partial charge in [-0.3, -0.25) is 0 Å². The van der Waals surface area contributed by atoms with Gasteiger partial charge in [-0.25, -0.2) is 4.98 Å². The Morgan fingerprint density at radius 1 is 1.47 bits per heavy atom. The van der Waals surface area contributed by atoms with E-state index < -0.39 is 0 Å². The summed E-state index contributed by atoms with van der Waals surface area (Å²) < 4.78 is 0. The topological polar surface area (TPSA) is 48.7 Å². The Bertz CT molecular complexity index is 396. The van der Waals surface area contributed by atoms with Gasteiger partial charge in [-0.15, -0.1) is 0 Å². The molecule has 0 spiro atoms. The number of rotatable bonds is 3. The molecule has 1 aromatic heterocycles.